The first-order chi connectivity index (χ1) is 11.2. The molecule has 0 saturated carbocycles. The van der Waals surface area contributed by atoms with Crippen molar-refractivity contribution in [3.8, 4) is 17.1 Å². The van der Waals surface area contributed by atoms with Gasteiger partial charge in [-0.2, -0.15) is 4.98 Å². The predicted octanol–water partition coefficient (Wildman–Crippen LogP) is 2.87. The van der Waals surface area contributed by atoms with Gasteiger partial charge in [0, 0.05) is 5.56 Å². The first-order valence-electron chi connectivity index (χ1n) is 6.71. The van der Waals surface area contributed by atoms with Crippen molar-refractivity contribution in [3.05, 3.63) is 46.2 Å². The van der Waals surface area contributed by atoms with Crippen molar-refractivity contribution in [2.45, 2.75) is 13.5 Å². The van der Waals surface area contributed by atoms with E-state index in [0.29, 0.717) is 22.1 Å². The van der Waals surface area contributed by atoms with Crippen LogP contribution in [0.3, 0.4) is 0 Å². The highest BCUT2D eigenvalue weighted by atomic mass is 32.1. The van der Waals surface area contributed by atoms with Gasteiger partial charge in [-0.25, -0.2) is 9.78 Å². The molecule has 8 heteroatoms. The van der Waals surface area contributed by atoms with E-state index in [0.717, 1.165) is 5.56 Å². The maximum Gasteiger partial charge on any atom is 0.350 e. The lowest BCUT2D eigenvalue weighted by atomic mass is 10.2. The number of esters is 1. The molecule has 0 N–H and O–H groups in total. The molecule has 2 aromatic heterocycles. The Hall–Kier alpha value is -2.74. The molecule has 0 unspecified atom stereocenters. The molecule has 0 saturated heterocycles. The van der Waals surface area contributed by atoms with Crippen molar-refractivity contribution >= 4 is 17.3 Å². The fourth-order valence-electron chi connectivity index (χ4n) is 1.88. The fraction of sp³-hybridized carbons (Fsp3) is 0.200. The zero-order chi connectivity index (χ0) is 16.2. The Morgan fingerprint density at radius 1 is 1.39 bits per heavy atom. The maximum absolute atomic E-state index is 11.9. The lowest BCUT2D eigenvalue weighted by Crippen LogP contribution is -2.05. The monoisotopic (exact) mass is 331 g/mol. The molecule has 2 heterocycles. The van der Waals surface area contributed by atoms with Gasteiger partial charge in [-0.15, -0.1) is 11.3 Å². The van der Waals surface area contributed by atoms with Crippen LogP contribution in [0.4, 0.5) is 0 Å². The van der Waals surface area contributed by atoms with Gasteiger partial charge in [-0.05, 0) is 19.1 Å². The number of carbonyl (C=O) groups excluding carboxylic acids is 1. The highest BCUT2D eigenvalue weighted by Gasteiger charge is 2.16. The minimum atomic E-state index is -0.453. The van der Waals surface area contributed by atoms with Crippen molar-refractivity contribution in [1.29, 1.82) is 0 Å². The molecule has 0 atom stereocenters. The fourth-order valence-corrected chi connectivity index (χ4v) is 2.58. The summed E-state index contributed by atoms with van der Waals surface area (Å²) in [7, 11) is 1.58. The summed E-state index contributed by atoms with van der Waals surface area (Å²) in [5.41, 5.74) is 2.99. The SMILES string of the molecule is COc1cccc(-c2noc(COC(=O)c3scnc3C)n2)c1. The number of aryl methyl sites for hydroxylation is 1. The average Bonchev–Trinajstić information content (AvgIpc) is 3.21. The minimum absolute atomic E-state index is 0.0901. The number of rotatable bonds is 5. The van der Waals surface area contributed by atoms with Crippen molar-refractivity contribution in [1.82, 2.24) is 15.1 Å². The van der Waals surface area contributed by atoms with Crippen LogP contribution in [0.2, 0.25) is 0 Å². The Morgan fingerprint density at radius 3 is 3.00 bits per heavy atom. The van der Waals surface area contributed by atoms with E-state index in [2.05, 4.69) is 15.1 Å². The van der Waals surface area contributed by atoms with Gasteiger partial charge in [0.25, 0.3) is 5.89 Å². The molecule has 3 aromatic rings. The molecule has 0 aliphatic rings. The Kier molecular flexibility index (Phi) is 4.33. The van der Waals surface area contributed by atoms with Gasteiger partial charge in [-0.1, -0.05) is 17.3 Å². The van der Waals surface area contributed by atoms with Crippen LogP contribution >= 0.6 is 11.3 Å². The molecule has 0 aliphatic carbocycles. The number of nitrogens with zero attached hydrogens (tertiary/aromatic N) is 3. The third kappa shape index (κ3) is 3.37. The molecule has 0 fully saturated rings. The van der Waals surface area contributed by atoms with E-state index in [1.54, 1.807) is 25.6 Å². The number of hydrogen-bond donors (Lipinski definition) is 0. The summed E-state index contributed by atoms with van der Waals surface area (Å²) >= 11 is 1.23. The largest absolute Gasteiger partial charge is 0.497 e. The van der Waals surface area contributed by atoms with Crippen LogP contribution in [0.5, 0.6) is 5.75 Å². The van der Waals surface area contributed by atoms with E-state index >= 15 is 0 Å². The Morgan fingerprint density at radius 2 is 2.26 bits per heavy atom. The maximum atomic E-state index is 11.9. The van der Waals surface area contributed by atoms with E-state index in [1.165, 1.54) is 11.3 Å². The number of aromatic nitrogens is 3. The van der Waals surface area contributed by atoms with Crippen molar-refractivity contribution in [3.63, 3.8) is 0 Å². The van der Waals surface area contributed by atoms with E-state index < -0.39 is 5.97 Å². The molecule has 0 amide bonds. The van der Waals surface area contributed by atoms with Crippen LogP contribution in [0, 0.1) is 6.92 Å². The summed E-state index contributed by atoms with van der Waals surface area (Å²) in [6.07, 6.45) is 0. The molecule has 0 bridgehead atoms. The number of hydrogen-bond acceptors (Lipinski definition) is 8. The van der Waals surface area contributed by atoms with Crippen LogP contribution < -0.4 is 4.74 Å². The summed E-state index contributed by atoms with van der Waals surface area (Å²) in [4.78, 5) is 20.6. The molecule has 118 valence electrons. The molecule has 1 aromatic carbocycles. The summed E-state index contributed by atoms with van der Waals surface area (Å²) in [5, 5.41) is 3.88. The van der Waals surface area contributed by atoms with Crippen molar-refractivity contribution in [2.24, 2.45) is 0 Å². The number of benzene rings is 1. The lowest BCUT2D eigenvalue weighted by Gasteiger charge is -2.00. The Labute approximate surface area is 135 Å². The second kappa shape index (κ2) is 6.57. The second-order valence-electron chi connectivity index (χ2n) is 4.59. The second-order valence-corrected chi connectivity index (χ2v) is 5.44. The average molecular weight is 331 g/mol. The first-order valence-corrected chi connectivity index (χ1v) is 7.59. The number of carbonyl (C=O) groups is 1. The molecule has 0 spiro atoms. The third-order valence-corrected chi connectivity index (χ3v) is 3.96. The molecule has 0 aliphatic heterocycles. The zero-order valence-corrected chi connectivity index (χ0v) is 13.3. The highest BCUT2D eigenvalue weighted by molar-refractivity contribution is 7.11. The number of methoxy groups -OCH3 is 1. The number of ether oxygens (including phenoxy) is 2. The molecular formula is C15H13N3O4S. The number of thiazole rings is 1. The van der Waals surface area contributed by atoms with Crippen molar-refractivity contribution < 1.29 is 18.8 Å². The topological polar surface area (TPSA) is 87.3 Å². The van der Waals surface area contributed by atoms with Gasteiger partial charge in [-0.3, -0.25) is 0 Å². The standard InChI is InChI=1S/C15H13N3O4S/c1-9-13(23-8-16-9)15(19)21-7-12-17-14(18-22-12)10-4-3-5-11(6-10)20-2/h3-6,8H,7H2,1-2H3. The third-order valence-electron chi connectivity index (χ3n) is 3.05. The van der Waals surface area contributed by atoms with Crippen LogP contribution in [0.1, 0.15) is 21.3 Å². The predicted molar refractivity (Wildman–Crippen MR) is 82.3 cm³/mol. The molecule has 0 radical (unpaired) electrons. The molecule has 7 nitrogen and oxygen atoms in total. The van der Waals surface area contributed by atoms with Gasteiger partial charge >= 0.3 is 5.97 Å². The Bertz CT molecular complexity index is 828. The highest BCUT2D eigenvalue weighted by Crippen LogP contribution is 2.21. The van der Waals surface area contributed by atoms with E-state index in [1.807, 2.05) is 18.2 Å². The van der Waals surface area contributed by atoms with Crippen LogP contribution in [0.25, 0.3) is 11.4 Å². The smallest absolute Gasteiger partial charge is 0.350 e. The van der Waals surface area contributed by atoms with Gasteiger partial charge < -0.3 is 14.0 Å². The van der Waals surface area contributed by atoms with Crippen LogP contribution in [-0.2, 0) is 11.3 Å². The molecular weight excluding hydrogens is 318 g/mol. The Balaban J connectivity index is 1.68. The van der Waals surface area contributed by atoms with Gasteiger partial charge in [0.2, 0.25) is 5.82 Å². The lowest BCUT2D eigenvalue weighted by molar-refractivity contribution is 0.0434. The summed E-state index contributed by atoms with van der Waals surface area (Å²) in [6, 6.07) is 7.28. The van der Waals surface area contributed by atoms with Gasteiger partial charge in [0.05, 0.1) is 18.3 Å². The minimum Gasteiger partial charge on any atom is -0.497 e. The summed E-state index contributed by atoms with van der Waals surface area (Å²) in [6.45, 7) is 1.66. The van der Waals surface area contributed by atoms with E-state index in [-0.39, 0.29) is 12.5 Å². The van der Waals surface area contributed by atoms with Crippen LogP contribution in [0.15, 0.2) is 34.3 Å². The first kappa shape index (κ1) is 15.2. The van der Waals surface area contributed by atoms with E-state index in [4.69, 9.17) is 14.0 Å². The van der Waals surface area contributed by atoms with Crippen LogP contribution in [-0.4, -0.2) is 28.2 Å². The van der Waals surface area contributed by atoms with Crippen molar-refractivity contribution in [2.75, 3.05) is 7.11 Å². The quantitative estimate of drug-likeness (QED) is 0.664. The molecule has 3 rings (SSSR count). The normalized spacial score (nSPS) is 10.5. The summed E-state index contributed by atoms with van der Waals surface area (Å²) in [5.74, 6) is 0.870. The van der Waals surface area contributed by atoms with Gasteiger partial charge in [0.1, 0.15) is 10.6 Å². The summed E-state index contributed by atoms with van der Waals surface area (Å²) < 4.78 is 15.4. The zero-order valence-electron chi connectivity index (χ0n) is 12.5. The van der Waals surface area contributed by atoms with Gasteiger partial charge in [0.15, 0.2) is 6.61 Å². The van der Waals surface area contributed by atoms with E-state index in [9.17, 15) is 4.79 Å². The molecule has 23 heavy (non-hydrogen) atoms.